The van der Waals surface area contributed by atoms with Gasteiger partial charge >= 0.3 is 0 Å². The van der Waals surface area contributed by atoms with Crippen LogP contribution in [0.1, 0.15) is 35.3 Å². The first-order valence-corrected chi connectivity index (χ1v) is 9.13. The van der Waals surface area contributed by atoms with Gasteiger partial charge in [0.25, 0.3) is 0 Å². The van der Waals surface area contributed by atoms with Gasteiger partial charge in [0, 0.05) is 25.7 Å². The predicted molar refractivity (Wildman–Crippen MR) is 124 cm³/mol. The first kappa shape index (κ1) is 23.7. The van der Waals surface area contributed by atoms with Gasteiger partial charge in [0.15, 0.2) is 5.96 Å². The zero-order valence-electron chi connectivity index (χ0n) is 16.6. The number of aliphatic imine (C=N–C) groups is 1. The molecule has 2 rings (SSSR count). The van der Waals surface area contributed by atoms with Gasteiger partial charge in [-0.15, -0.1) is 24.0 Å². The fourth-order valence-corrected chi connectivity index (χ4v) is 2.67. The number of nitrogens with zero attached hydrogens (tertiary/aromatic N) is 2. The number of primary amides is 1. The Balaban J connectivity index is 0.00000392. The van der Waals surface area contributed by atoms with E-state index in [-0.39, 0.29) is 24.0 Å². The Morgan fingerprint density at radius 2 is 1.86 bits per heavy atom. The number of nitrogens with one attached hydrogen (secondary N) is 1. The minimum atomic E-state index is -0.430. The number of hydrogen-bond acceptors (Lipinski definition) is 3. The molecule has 0 radical (unpaired) electrons. The van der Waals surface area contributed by atoms with Crippen LogP contribution < -0.4 is 15.8 Å². The molecule has 152 valence electrons. The van der Waals surface area contributed by atoms with E-state index in [4.69, 9.17) is 10.5 Å². The van der Waals surface area contributed by atoms with Gasteiger partial charge in [0.05, 0.1) is 13.2 Å². The number of carbonyl (C=O) groups is 1. The summed E-state index contributed by atoms with van der Waals surface area (Å²) in [5.74, 6) is 1.25. The third-order valence-electron chi connectivity index (χ3n) is 3.97. The summed E-state index contributed by atoms with van der Waals surface area (Å²) in [6.45, 7) is 6.63. The molecule has 6 nitrogen and oxygen atoms in total. The Morgan fingerprint density at radius 1 is 1.14 bits per heavy atom. The summed E-state index contributed by atoms with van der Waals surface area (Å²) in [4.78, 5) is 18.1. The molecular weight excluding hydrogens is 467 g/mol. The number of hydrogen-bond donors (Lipinski definition) is 2. The third-order valence-corrected chi connectivity index (χ3v) is 3.97. The molecule has 2 aromatic rings. The predicted octanol–water partition coefficient (Wildman–Crippen LogP) is 3.40. The van der Waals surface area contributed by atoms with Crippen LogP contribution >= 0.6 is 24.0 Å². The number of halogens is 1. The van der Waals surface area contributed by atoms with E-state index in [9.17, 15) is 4.79 Å². The third kappa shape index (κ3) is 7.38. The van der Waals surface area contributed by atoms with Crippen LogP contribution in [-0.4, -0.2) is 37.0 Å². The molecule has 2 aromatic carbocycles. The molecule has 0 unspecified atom stereocenters. The van der Waals surface area contributed by atoms with E-state index in [1.165, 1.54) is 5.56 Å². The summed E-state index contributed by atoms with van der Waals surface area (Å²) in [7, 11) is 2.00. The molecule has 0 aliphatic heterocycles. The molecule has 0 bridgehead atoms. The molecule has 0 saturated heterocycles. The molecule has 0 spiro atoms. The van der Waals surface area contributed by atoms with E-state index in [1.54, 1.807) is 12.1 Å². The number of ether oxygens (including phenoxy) is 1. The highest BCUT2D eigenvalue weighted by molar-refractivity contribution is 14.0. The lowest BCUT2D eigenvalue weighted by atomic mass is 10.1. The van der Waals surface area contributed by atoms with Gasteiger partial charge in [0.1, 0.15) is 5.75 Å². The van der Waals surface area contributed by atoms with Crippen molar-refractivity contribution in [2.75, 3.05) is 20.2 Å². The quantitative estimate of drug-likeness (QED) is 0.334. The number of guanidine groups is 1. The van der Waals surface area contributed by atoms with Crippen LogP contribution in [0.25, 0.3) is 0 Å². The Morgan fingerprint density at radius 3 is 2.46 bits per heavy atom. The number of amides is 1. The maximum absolute atomic E-state index is 11.3. The van der Waals surface area contributed by atoms with E-state index >= 15 is 0 Å². The van der Waals surface area contributed by atoms with E-state index in [0.717, 1.165) is 30.4 Å². The fraction of sp³-hybridized carbons (Fsp3) is 0.333. The standard InChI is InChI=1S/C21H28N4O2.HI/c1-4-23-21(24-14-17-7-6-8-18(13-17)20(22)26)25(3)15-16-9-11-19(12-10-16)27-5-2;/h6-13H,4-5,14-15H2,1-3H3,(H2,22,26)(H,23,24);1H. The highest BCUT2D eigenvalue weighted by Crippen LogP contribution is 2.13. The normalized spacial score (nSPS) is 10.8. The summed E-state index contributed by atoms with van der Waals surface area (Å²) >= 11 is 0. The van der Waals surface area contributed by atoms with Crippen molar-refractivity contribution < 1.29 is 9.53 Å². The minimum absolute atomic E-state index is 0. The van der Waals surface area contributed by atoms with Gasteiger partial charge in [0.2, 0.25) is 5.91 Å². The zero-order valence-corrected chi connectivity index (χ0v) is 19.0. The number of benzene rings is 2. The Kier molecular flexibility index (Phi) is 10.4. The maximum atomic E-state index is 11.3. The molecule has 1 amide bonds. The van der Waals surface area contributed by atoms with Crippen LogP contribution in [0.3, 0.4) is 0 Å². The van der Waals surface area contributed by atoms with Gasteiger partial charge in [-0.1, -0.05) is 24.3 Å². The van der Waals surface area contributed by atoms with Crippen molar-refractivity contribution in [3.05, 3.63) is 65.2 Å². The highest BCUT2D eigenvalue weighted by Gasteiger charge is 2.07. The molecule has 0 atom stereocenters. The maximum Gasteiger partial charge on any atom is 0.248 e. The van der Waals surface area contributed by atoms with Crippen LogP contribution in [0.5, 0.6) is 5.75 Å². The van der Waals surface area contributed by atoms with E-state index in [0.29, 0.717) is 18.7 Å². The average molecular weight is 496 g/mol. The molecule has 7 heteroatoms. The zero-order chi connectivity index (χ0) is 19.6. The number of carbonyl (C=O) groups excluding carboxylic acids is 1. The van der Waals surface area contributed by atoms with E-state index in [2.05, 4.69) is 27.3 Å². The first-order chi connectivity index (χ1) is 13.0. The Bertz CT molecular complexity index is 778. The van der Waals surface area contributed by atoms with Crippen molar-refractivity contribution in [3.63, 3.8) is 0 Å². The Hall–Kier alpha value is -2.29. The summed E-state index contributed by atoms with van der Waals surface area (Å²) in [5.41, 5.74) is 7.95. The average Bonchev–Trinajstić information content (AvgIpc) is 2.67. The fourth-order valence-electron chi connectivity index (χ4n) is 2.67. The van der Waals surface area contributed by atoms with Crippen LogP contribution in [0.4, 0.5) is 0 Å². The van der Waals surface area contributed by atoms with Crippen LogP contribution in [0.15, 0.2) is 53.5 Å². The molecule has 0 fully saturated rings. The highest BCUT2D eigenvalue weighted by atomic mass is 127. The molecule has 0 aliphatic carbocycles. The number of nitrogens with two attached hydrogens (primary N) is 1. The molecule has 0 saturated carbocycles. The number of rotatable bonds is 8. The van der Waals surface area contributed by atoms with Crippen molar-refractivity contribution in [1.82, 2.24) is 10.2 Å². The van der Waals surface area contributed by atoms with Crippen molar-refractivity contribution in [2.24, 2.45) is 10.7 Å². The second-order valence-corrected chi connectivity index (χ2v) is 6.17. The van der Waals surface area contributed by atoms with Crippen molar-refractivity contribution >= 4 is 35.8 Å². The molecular formula is C21H29IN4O2. The molecule has 28 heavy (non-hydrogen) atoms. The molecule has 0 heterocycles. The lowest BCUT2D eigenvalue weighted by Gasteiger charge is -2.22. The topological polar surface area (TPSA) is 79.9 Å². The van der Waals surface area contributed by atoms with Gasteiger partial charge in [-0.3, -0.25) is 4.79 Å². The van der Waals surface area contributed by atoms with Crippen LogP contribution in [0, 0.1) is 0 Å². The summed E-state index contributed by atoms with van der Waals surface area (Å²) in [6, 6.07) is 15.3. The summed E-state index contributed by atoms with van der Waals surface area (Å²) < 4.78 is 5.48. The van der Waals surface area contributed by atoms with Crippen LogP contribution in [-0.2, 0) is 13.1 Å². The molecule has 3 N–H and O–H groups in total. The largest absolute Gasteiger partial charge is 0.494 e. The van der Waals surface area contributed by atoms with E-state index in [1.807, 2.05) is 45.2 Å². The van der Waals surface area contributed by atoms with E-state index < -0.39 is 5.91 Å². The van der Waals surface area contributed by atoms with Crippen molar-refractivity contribution in [1.29, 1.82) is 0 Å². The van der Waals surface area contributed by atoms with Gasteiger partial charge < -0.3 is 20.7 Å². The van der Waals surface area contributed by atoms with Gasteiger partial charge in [-0.05, 0) is 49.2 Å². The lowest BCUT2D eigenvalue weighted by molar-refractivity contribution is 0.1000. The second-order valence-electron chi connectivity index (χ2n) is 6.17. The second kappa shape index (κ2) is 12.2. The SMILES string of the molecule is CCNC(=NCc1cccc(C(N)=O)c1)N(C)Cc1ccc(OCC)cc1.I. The molecule has 0 aromatic heterocycles. The van der Waals surface area contributed by atoms with Crippen molar-refractivity contribution in [2.45, 2.75) is 26.9 Å². The first-order valence-electron chi connectivity index (χ1n) is 9.13. The summed E-state index contributed by atoms with van der Waals surface area (Å²) in [5, 5.41) is 3.30. The van der Waals surface area contributed by atoms with Gasteiger partial charge in [-0.2, -0.15) is 0 Å². The monoisotopic (exact) mass is 496 g/mol. The Labute approximate surface area is 184 Å². The smallest absolute Gasteiger partial charge is 0.248 e. The summed E-state index contributed by atoms with van der Waals surface area (Å²) in [6.07, 6.45) is 0. The van der Waals surface area contributed by atoms with Crippen LogP contribution in [0.2, 0.25) is 0 Å². The molecule has 0 aliphatic rings. The lowest BCUT2D eigenvalue weighted by Crippen LogP contribution is -2.38. The van der Waals surface area contributed by atoms with Crippen molar-refractivity contribution in [3.8, 4) is 5.75 Å². The van der Waals surface area contributed by atoms with Gasteiger partial charge in [-0.25, -0.2) is 4.99 Å². The minimum Gasteiger partial charge on any atom is -0.494 e.